The van der Waals surface area contributed by atoms with Crippen LogP contribution in [0.25, 0.3) is 10.9 Å². The predicted octanol–water partition coefficient (Wildman–Crippen LogP) is 2.75. The summed E-state index contributed by atoms with van der Waals surface area (Å²) < 4.78 is 0. The van der Waals surface area contributed by atoms with Gasteiger partial charge in [-0.1, -0.05) is 6.07 Å². The van der Waals surface area contributed by atoms with Crippen molar-refractivity contribution in [3.05, 3.63) is 36.0 Å². The molecule has 2 N–H and O–H groups in total. The molecular formula is C18H23N3O2. The van der Waals surface area contributed by atoms with Gasteiger partial charge in [0.1, 0.15) is 0 Å². The van der Waals surface area contributed by atoms with Crippen LogP contribution in [0.15, 0.2) is 30.5 Å². The van der Waals surface area contributed by atoms with Gasteiger partial charge in [-0.2, -0.15) is 0 Å². The Kier molecular flexibility index (Phi) is 4.65. The number of nitrogens with one attached hydrogen (secondary N) is 2. The molecule has 1 aromatic carbocycles. The van der Waals surface area contributed by atoms with Gasteiger partial charge in [0, 0.05) is 37.6 Å². The van der Waals surface area contributed by atoms with Crippen LogP contribution in [-0.2, 0) is 9.59 Å². The van der Waals surface area contributed by atoms with Gasteiger partial charge in [-0.05, 0) is 48.9 Å². The summed E-state index contributed by atoms with van der Waals surface area (Å²) in [6.07, 6.45) is 4.91. The number of benzene rings is 1. The number of piperidine rings is 1. The molecule has 5 nitrogen and oxygen atoms in total. The molecule has 0 unspecified atom stereocenters. The maximum atomic E-state index is 12.1. The SMILES string of the molecule is C[C@@H](NC(=O)CCN1CCCCC1=O)c1ccc2[nH]ccc2c1. The second-order valence-corrected chi connectivity index (χ2v) is 6.20. The summed E-state index contributed by atoms with van der Waals surface area (Å²) in [6, 6.07) is 8.12. The minimum atomic E-state index is -0.0427. The fourth-order valence-corrected chi connectivity index (χ4v) is 3.07. The summed E-state index contributed by atoms with van der Waals surface area (Å²) in [6.45, 7) is 3.29. The van der Waals surface area contributed by atoms with Gasteiger partial charge in [-0.3, -0.25) is 9.59 Å². The summed E-state index contributed by atoms with van der Waals surface area (Å²) in [5.41, 5.74) is 2.18. The Bertz CT molecular complexity index is 707. The highest BCUT2D eigenvalue weighted by Crippen LogP contribution is 2.19. The topological polar surface area (TPSA) is 65.2 Å². The number of hydrogen-bond acceptors (Lipinski definition) is 2. The molecule has 1 aliphatic rings. The third-order valence-electron chi connectivity index (χ3n) is 4.49. The number of likely N-dealkylation sites (tertiary alicyclic amines) is 1. The van der Waals surface area contributed by atoms with Crippen molar-refractivity contribution >= 4 is 22.7 Å². The third-order valence-corrected chi connectivity index (χ3v) is 4.49. The monoisotopic (exact) mass is 313 g/mol. The van der Waals surface area contributed by atoms with Crippen molar-refractivity contribution in [1.82, 2.24) is 15.2 Å². The van der Waals surface area contributed by atoms with Gasteiger partial charge in [0.2, 0.25) is 11.8 Å². The zero-order valence-electron chi connectivity index (χ0n) is 13.5. The number of H-pyrrole nitrogens is 1. The van der Waals surface area contributed by atoms with Gasteiger partial charge in [0.15, 0.2) is 0 Å². The van der Waals surface area contributed by atoms with Crippen LogP contribution in [0, 0.1) is 0 Å². The van der Waals surface area contributed by atoms with E-state index in [2.05, 4.69) is 16.4 Å². The van der Waals surface area contributed by atoms with E-state index in [1.54, 1.807) is 4.90 Å². The van der Waals surface area contributed by atoms with Crippen LogP contribution in [0.3, 0.4) is 0 Å². The number of carbonyl (C=O) groups is 2. The Morgan fingerprint density at radius 3 is 3.04 bits per heavy atom. The number of amides is 2. The van der Waals surface area contributed by atoms with Crippen LogP contribution in [0.5, 0.6) is 0 Å². The lowest BCUT2D eigenvalue weighted by atomic mass is 10.1. The lowest BCUT2D eigenvalue weighted by Crippen LogP contribution is -2.38. The Balaban J connectivity index is 1.53. The fraction of sp³-hybridized carbons (Fsp3) is 0.444. The van der Waals surface area contributed by atoms with Crippen molar-refractivity contribution < 1.29 is 9.59 Å². The van der Waals surface area contributed by atoms with Crippen LogP contribution in [0.2, 0.25) is 0 Å². The van der Waals surface area contributed by atoms with Gasteiger partial charge >= 0.3 is 0 Å². The molecule has 1 aromatic heterocycles. The van der Waals surface area contributed by atoms with Gasteiger partial charge in [0.25, 0.3) is 0 Å². The maximum absolute atomic E-state index is 12.1. The Hall–Kier alpha value is -2.30. The highest BCUT2D eigenvalue weighted by Gasteiger charge is 2.19. The van der Waals surface area contributed by atoms with E-state index in [0.29, 0.717) is 19.4 Å². The van der Waals surface area contributed by atoms with Crippen LogP contribution in [0.4, 0.5) is 0 Å². The van der Waals surface area contributed by atoms with E-state index in [0.717, 1.165) is 35.9 Å². The molecule has 1 fully saturated rings. The summed E-state index contributed by atoms with van der Waals surface area (Å²) in [4.78, 5) is 28.8. The smallest absolute Gasteiger partial charge is 0.222 e. The molecular weight excluding hydrogens is 290 g/mol. The quantitative estimate of drug-likeness (QED) is 0.891. The number of nitrogens with zero attached hydrogens (tertiary/aromatic N) is 1. The van der Waals surface area contributed by atoms with E-state index in [-0.39, 0.29) is 17.9 Å². The minimum Gasteiger partial charge on any atom is -0.361 e. The van der Waals surface area contributed by atoms with E-state index in [9.17, 15) is 9.59 Å². The molecule has 122 valence electrons. The number of rotatable bonds is 5. The Labute approximate surface area is 136 Å². The molecule has 2 amide bonds. The van der Waals surface area contributed by atoms with Crippen LogP contribution < -0.4 is 5.32 Å². The lowest BCUT2D eigenvalue weighted by Gasteiger charge is -2.26. The van der Waals surface area contributed by atoms with Gasteiger partial charge < -0.3 is 15.2 Å². The molecule has 23 heavy (non-hydrogen) atoms. The van der Waals surface area contributed by atoms with Crippen molar-refractivity contribution in [3.8, 4) is 0 Å². The number of fused-ring (bicyclic) bond motifs is 1. The van der Waals surface area contributed by atoms with Crippen LogP contribution in [0.1, 0.15) is 44.2 Å². The van der Waals surface area contributed by atoms with Crippen molar-refractivity contribution in [2.75, 3.05) is 13.1 Å². The zero-order valence-corrected chi connectivity index (χ0v) is 13.5. The van der Waals surface area contributed by atoms with Crippen molar-refractivity contribution in [2.24, 2.45) is 0 Å². The average Bonchev–Trinajstić information content (AvgIpc) is 3.01. The van der Waals surface area contributed by atoms with E-state index < -0.39 is 0 Å². The standard InChI is InChI=1S/C18H23N3O2/c1-13(14-5-6-16-15(12-14)7-9-19-16)20-17(22)8-11-21-10-3-2-4-18(21)23/h5-7,9,12-13,19H,2-4,8,10-11H2,1H3,(H,20,22)/t13-/m1/s1. The minimum absolute atomic E-state index is 0.00922. The normalized spacial score (nSPS) is 16.6. The third kappa shape index (κ3) is 3.73. The van der Waals surface area contributed by atoms with Crippen LogP contribution in [-0.4, -0.2) is 34.8 Å². The van der Waals surface area contributed by atoms with Crippen molar-refractivity contribution in [3.63, 3.8) is 0 Å². The molecule has 5 heteroatoms. The molecule has 0 aliphatic carbocycles. The van der Waals surface area contributed by atoms with Gasteiger partial charge in [-0.25, -0.2) is 0 Å². The molecule has 1 atom stereocenters. The van der Waals surface area contributed by atoms with E-state index >= 15 is 0 Å². The molecule has 0 bridgehead atoms. The molecule has 0 saturated carbocycles. The highest BCUT2D eigenvalue weighted by molar-refractivity contribution is 5.81. The molecule has 1 saturated heterocycles. The van der Waals surface area contributed by atoms with Gasteiger partial charge in [0.05, 0.1) is 6.04 Å². The molecule has 0 radical (unpaired) electrons. The molecule has 0 spiro atoms. The zero-order chi connectivity index (χ0) is 16.2. The number of aromatic amines is 1. The Morgan fingerprint density at radius 1 is 1.35 bits per heavy atom. The first-order valence-electron chi connectivity index (χ1n) is 8.27. The average molecular weight is 313 g/mol. The molecule has 2 heterocycles. The molecule has 3 rings (SSSR count). The first kappa shape index (κ1) is 15.6. The lowest BCUT2D eigenvalue weighted by molar-refractivity contribution is -0.133. The number of carbonyl (C=O) groups excluding carboxylic acids is 2. The number of aromatic nitrogens is 1. The summed E-state index contributed by atoms with van der Waals surface area (Å²) in [7, 11) is 0. The second kappa shape index (κ2) is 6.86. The van der Waals surface area contributed by atoms with Gasteiger partial charge in [-0.15, -0.1) is 0 Å². The second-order valence-electron chi connectivity index (χ2n) is 6.20. The molecule has 2 aromatic rings. The molecule has 1 aliphatic heterocycles. The van der Waals surface area contributed by atoms with Crippen molar-refractivity contribution in [2.45, 2.75) is 38.6 Å². The first-order valence-corrected chi connectivity index (χ1v) is 8.27. The van der Waals surface area contributed by atoms with E-state index in [1.807, 2.05) is 31.3 Å². The van der Waals surface area contributed by atoms with E-state index in [4.69, 9.17) is 0 Å². The van der Waals surface area contributed by atoms with Crippen LogP contribution >= 0.6 is 0 Å². The summed E-state index contributed by atoms with van der Waals surface area (Å²) >= 11 is 0. The predicted molar refractivity (Wildman–Crippen MR) is 89.9 cm³/mol. The Morgan fingerprint density at radius 2 is 2.22 bits per heavy atom. The van der Waals surface area contributed by atoms with E-state index in [1.165, 1.54) is 0 Å². The maximum Gasteiger partial charge on any atom is 0.222 e. The number of hydrogen-bond donors (Lipinski definition) is 2. The summed E-state index contributed by atoms with van der Waals surface area (Å²) in [5.74, 6) is 0.167. The largest absolute Gasteiger partial charge is 0.361 e. The highest BCUT2D eigenvalue weighted by atomic mass is 16.2. The first-order chi connectivity index (χ1) is 11.1. The van der Waals surface area contributed by atoms with Crippen molar-refractivity contribution in [1.29, 1.82) is 0 Å². The summed E-state index contributed by atoms with van der Waals surface area (Å²) in [5, 5.41) is 4.16. The fourth-order valence-electron chi connectivity index (χ4n) is 3.07.